The Morgan fingerprint density at radius 1 is 1.37 bits per heavy atom. The van der Waals surface area contributed by atoms with Gasteiger partial charge in [-0.3, -0.25) is 0 Å². The Morgan fingerprint density at radius 2 is 1.95 bits per heavy atom. The fourth-order valence-electron chi connectivity index (χ4n) is 2.07. The summed E-state index contributed by atoms with van der Waals surface area (Å²) in [5, 5.41) is 3.41. The molecular weight excluding hydrogens is 375 g/mol. The zero-order chi connectivity index (χ0) is 14.2. The van der Waals surface area contributed by atoms with Crippen LogP contribution in [0.3, 0.4) is 0 Å². The van der Waals surface area contributed by atoms with Crippen LogP contribution in [0.4, 0.5) is 0 Å². The molecular formula is C11H13BrCl2N2O2S. The summed E-state index contributed by atoms with van der Waals surface area (Å²) in [6.45, 7) is 3.50. The molecule has 2 rings (SSSR count). The van der Waals surface area contributed by atoms with Crippen LogP contribution in [-0.2, 0) is 10.0 Å². The predicted octanol–water partition coefficient (Wildman–Crippen LogP) is 2.74. The quantitative estimate of drug-likeness (QED) is 0.848. The molecule has 0 amide bonds. The molecule has 1 N–H and O–H groups in total. The maximum Gasteiger partial charge on any atom is 0.246 e. The van der Waals surface area contributed by atoms with Gasteiger partial charge in [-0.25, -0.2) is 8.42 Å². The highest BCUT2D eigenvalue weighted by molar-refractivity contribution is 9.10. The number of halogens is 3. The van der Waals surface area contributed by atoms with E-state index in [9.17, 15) is 8.42 Å². The van der Waals surface area contributed by atoms with Crippen molar-refractivity contribution < 1.29 is 8.42 Å². The minimum atomic E-state index is -3.68. The maximum atomic E-state index is 12.7. The molecule has 1 fully saturated rings. The van der Waals surface area contributed by atoms with Crippen molar-refractivity contribution in [3.63, 3.8) is 0 Å². The predicted molar refractivity (Wildman–Crippen MR) is 80.4 cm³/mol. The van der Waals surface area contributed by atoms with E-state index in [4.69, 9.17) is 23.2 Å². The molecule has 106 valence electrons. The van der Waals surface area contributed by atoms with Gasteiger partial charge in [-0.1, -0.05) is 39.1 Å². The second-order valence-corrected chi connectivity index (χ2v) is 7.92. The summed E-state index contributed by atoms with van der Waals surface area (Å²) in [7, 11) is -3.68. The zero-order valence-electron chi connectivity index (χ0n) is 10.2. The second-order valence-electron chi connectivity index (χ2n) is 4.37. The summed E-state index contributed by atoms with van der Waals surface area (Å²) in [6, 6.07) is 2.94. The molecule has 1 aromatic rings. The number of hydrogen-bond donors (Lipinski definition) is 1. The van der Waals surface area contributed by atoms with Gasteiger partial charge in [0, 0.05) is 30.1 Å². The lowest BCUT2D eigenvalue weighted by Crippen LogP contribution is -2.52. The van der Waals surface area contributed by atoms with Crippen LogP contribution in [0.15, 0.2) is 21.5 Å². The third-order valence-corrected chi connectivity index (χ3v) is 6.36. The number of nitrogens with zero attached hydrogens (tertiary/aromatic N) is 1. The summed E-state index contributed by atoms with van der Waals surface area (Å²) in [5.41, 5.74) is 0. The summed E-state index contributed by atoms with van der Waals surface area (Å²) < 4.78 is 27.4. The van der Waals surface area contributed by atoms with E-state index in [0.717, 1.165) is 0 Å². The van der Waals surface area contributed by atoms with Crippen LogP contribution in [0.5, 0.6) is 0 Å². The van der Waals surface area contributed by atoms with Gasteiger partial charge in [0.05, 0.1) is 10.0 Å². The van der Waals surface area contributed by atoms with Crippen molar-refractivity contribution in [1.82, 2.24) is 9.62 Å². The summed E-state index contributed by atoms with van der Waals surface area (Å²) >= 11 is 15.3. The van der Waals surface area contributed by atoms with E-state index < -0.39 is 10.0 Å². The van der Waals surface area contributed by atoms with Crippen molar-refractivity contribution in [1.29, 1.82) is 0 Å². The standard InChI is InChI=1S/C11H13BrCl2N2O2S/c1-7-6-15-2-3-16(7)19(17,18)11-9(13)4-8(12)5-10(11)14/h4-5,7,15H,2-3,6H2,1H3. The first kappa shape index (κ1) is 15.5. The Balaban J connectivity index is 2.50. The van der Waals surface area contributed by atoms with Crippen molar-refractivity contribution in [2.75, 3.05) is 19.6 Å². The van der Waals surface area contributed by atoms with Gasteiger partial charge in [-0.15, -0.1) is 0 Å². The van der Waals surface area contributed by atoms with Gasteiger partial charge in [-0.05, 0) is 19.1 Å². The zero-order valence-corrected chi connectivity index (χ0v) is 14.1. The van der Waals surface area contributed by atoms with Crippen LogP contribution in [0.2, 0.25) is 10.0 Å². The van der Waals surface area contributed by atoms with Gasteiger partial charge < -0.3 is 5.32 Å². The van der Waals surface area contributed by atoms with E-state index in [0.29, 0.717) is 24.1 Å². The van der Waals surface area contributed by atoms with Crippen LogP contribution in [0, 0.1) is 0 Å². The van der Waals surface area contributed by atoms with Crippen LogP contribution >= 0.6 is 39.1 Å². The van der Waals surface area contributed by atoms with E-state index in [2.05, 4.69) is 21.2 Å². The fourth-order valence-corrected chi connectivity index (χ4v) is 5.59. The molecule has 19 heavy (non-hydrogen) atoms. The average molecular weight is 388 g/mol. The van der Waals surface area contributed by atoms with Crippen molar-refractivity contribution in [2.24, 2.45) is 0 Å². The number of hydrogen-bond acceptors (Lipinski definition) is 3. The van der Waals surface area contributed by atoms with E-state index in [1.165, 1.54) is 16.4 Å². The van der Waals surface area contributed by atoms with Gasteiger partial charge >= 0.3 is 0 Å². The minimum absolute atomic E-state index is 0.0206. The van der Waals surface area contributed by atoms with Crippen LogP contribution < -0.4 is 5.32 Å². The largest absolute Gasteiger partial charge is 0.314 e. The number of sulfonamides is 1. The molecule has 0 bridgehead atoms. The minimum Gasteiger partial charge on any atom is -0.314 e. The lowest BCUT2D eigenvalue weighted by molar-refractivity contribution is 0.284. The molecule has 0 aliphatic carbocycles. The molecule has 1 aliphatic heterocycles. The summed E-state index contributed by atoms with van der Waals surface area (Å²) in [6.07, 6.45) is 0. The molecule has 1 aliphatic rings. The van der Waals surface area contributed by atoms with E-state index in [1.807, 2.05) is 6.92 Å². The topological polar surface area (TPSA) is 49.4 Å². The molecule has 1 unspecified atom stereocenters. The summed E-state index contributed by atoms with van der Waals surface area (Å²) in [5.74, 6) is 0. The Hall–Kier alpha value is 0.150. The molecule has 0 radical (unpaired) electrons. The molecule has 0 spiro atoms. The normalized spacial score (nSPS) is 21.6. The lowest BCUT2D eigenvalue weighted by Gasteiger charge is -2.33. The van der Waals surface area contributed by atoms with Gasteiger partial charge in [0.1, 0.15) is 4.90 Å². The number of benzene rings is 1. The Kier molecular flexibility index (Phi) is 4.80. The highest BCUT2D eigenvalue weighted by Gasteiger charge is 2.34. The highest BCUT2D eigenvalue weighted by Crippen LogP contribution is 2.35. The third kappa shape index (κ3) is 3.09. The van der Waals surface area contributed by atoms with E-state index in [1.54, 1.807) is 0 Å². The van der Waals surface area contributed by atoms with Gasteiger partial charge in [-0.2, -0.15) is 4.31 Å². The first-order valence-electron chi connectivity index (χ1n) is 5.71. The molecule has 1 atom stereocenters. The van der Waals surface area contributed by atoms with Crippen molar-refractivity contribution in [3.8, 4) is 0 Å². The molecule has 0 saturated carbocycles. The molecule has 1 heterocycles. The SMILES string of the molecule is CC1CNCCN1S(=O)(=O)c1c(Cl)cc(Br)cc1Cl. The van der Waals surface area contributed by atoms with Gasteiger partial charge in [0.25, 0.3) is 0 Å². The lowest BCUT2D eigenvalue weighted by atomic mass is 10.3. The Bertz CT molecular complexity index is 571. The second kappa shape index (κ2) is 5.87. The molecule has 8 heteroatoms. The molecule has 1 aromatic carbocycles. The maximum absolute atomic E-state index is 12.7. The molecule has 1 saturated heterocycles. The Labute approximate surface area is 131 Å². The number of piperazine rings is 1. The summed E-state index contributed by atoms with van der Waals surface area (Å²) in [4.78, 5) is -0.0206. The van der Waals surface area contributed by atoms with Crippen molar-refractivity contribution in [2.45, 2.75) is 17.9 Å². The van der Waals surface area contributed by atoms with Crippen molar-refractivity contribution in [3.05, 3.63) is 26.7 Å². The van der Waals surface area contributed by atoms with Gasteiger partial charge in [0.15, 0.2) is 0 Å². The van der Waals surface area contributed by atoms with Crippen LogP contribution in [0.25, 0.3) is 0 Å². The number of nitrogens with one attached hydrogen (secondary N) is 1. The monoisotopic (exact) mass is 386 g/mol. The molecule has 0 aromatic heterocycles. The highest BCUT2D eigenvalue weighted by atomic mass is 79.9. The fraction of sp³-hybridized carbons (Fsp3) is 0.455. The average Bonchev–Trinajstić information content (AvgIpc) is 2.27. The Morgan fingerprint density at radius 3 is 2.47 bits per heavy atom. The van der Waals surface area contributed by atoms with Crippen LogP contribution in [0.1, 0.15) is 6.92 Å². The van der Waals surface area contributed by atoms with E-state index in [-0.39, 0.29) is 21.0 Å². The van der Waals surface area contributed by atoms with Crippen LogP contribution in [-0.4, -0.2) is 38.4 Å². The van der Waals surface area contributed by atoms with Gasteiger partial charge in [0.2, 0.25) is 10.0 Å². The first-order valence-corrected chi connectivity index (χ1v) is 8.70. The van der Waals surface area contributed by atoms with E-state index >= 15 is 0 Å². The first-order chi connectivity index (χ1) is 8.84. The smallest absolute Gasteiger partial charge is 0.246 e. The number of rotatable bonds is 2. The van der Waals surface area contributed by atoms with Crippen molar-refractivity contribution >= 4 is 49.2 Å². The third-order valence-electron chi connectivity index (χ3n) is 2.97. The molecule has 4 nitrogen and oxygen atoms in total.